The van der Waals surface area contributed by atoms with Crippen LogP contribution < -0.4 is 25.7 Å². The van der Waals surface area contributed by atoms with Gasteiger partial charge in [0.1, 0.15) is 17.1 Å². The van der Waals surface area contributed by atoms with Crippen molar-refractivity contribution < 1.29 is 32.6 Å². The monoisotopic (exact) mass is 613 g/mol. The molecule has 3 aromatic rings. The van der Waals surface area contributed by atoms with Gasteiger partial charge in [-0.1, -0.05) is 0 Å². The smallest absolute Gasteiger partial charge is 0.282 e. The summed E-state index contributed by atoms with van der Waals surface area (Å²) in [6.07, 6.45) is 1.35. The Balaban J connectivity index is 1.69. The number of carbonyl (C=O) groups excluding carboxylic acids is 2. The maximum absolute atomic E-state index is 13.6. The molecule has 3 heterocycles. The SMILES string of the molecule is COc1ccc(-c2cc(NC(=O)c3cc(CNC[C@H](C)OC)cn(C)c3=O)nc(OC(C)C)c2)c(C(=O)N2CC(F)(F)C2)c1. The van der Waals surface area contributed by atoms with Gasteiger partial charge in [0.15, 0.2) is 0 Å². The van der Waals surface area contributed by atoms with Crippen LogP contribution in [0.1, 0.15) is 47.1 Å². The van der Waals surface area contributed by atoms with Crippen molar-refractivity contribution in [1.82, 2.24) is 19.8 Å². The molecule has 2 N–H and O–H groups in total. The summed E-state index contributed by atoms with van der Waals surface area (Å²) >= 11 is 0. The lowest BCUT2D eigenvalue weighted by molar-refractivity contribution is -0.113. The third-order valence-electron chi connectivity index (χ3n) is 6.95. The third-order valence-corrected chi connectivity index (χ3v) is 6.95. The first kappa shape index (κ1) is 32.6. The second-order valence-electron chi connectivity index (χ2n) is 11.0. The zero-order chi connectivity index (χ0) is 32.2. The van der Waals surface area contributed by atoms with Gasteiger partial charge in [0, 0.05) is 39.5 Å². The Bertz CT molecular complexity index is 1580. The molecule has 4 rings (SSSR count). The number of methoxy groups -OCH3 is 2. The lowest BCUT2D eigenvalue weighted by Gasteiger charge is -2.39. The molecular weight excluding hydrogens is 576 g/mol. The number of hydrogen-bond donors (Lipinski definition) is 2. The number of amides is 2. The number of anilines is 1. The molecule has 2 aromatic heterocycles. The molecule has 1 fully saturated rings. The molecule has 1 atom stereocenters. The fourth-order valence-electron chi connectivity index (χ4n) is 4.66. The molecule has 2 amide bonds. The highest BCUT2D eigenvalue weighted by Crippen LogP contribution is 2.35. The van der Waals surface area contributed by atoms with E-state index in [1.54, 1.807) is 52.4 Å². The highest BCUT2D eigenvalue weighted by atomic mass is 19.3. The Morgan fingerprint density at radius 2 is 1.80 bits per heavy atom. The first-order valence-electron chi connectivity index (χ1n) is 14.1. The molecule has 1 aliphatic rings. The van der Waals surface area contributed by atoms with Crippen LogP contribution in [0.3, 0.4) is 0 Å². The van der Waals surface area contributed by atoms with Crippen LogP contribution in [0.2, 0.25) is 0 Å². The van der Waals surface area contributed by atoms with E-state index in [2.05, 4.69) is 15.6 Å². The van der Waals surface area contributed by atoms with E-state index in [0.717, 1.165) is 4.90 Å². The van der Waals surface area contributed by atoms with Crippen molar-refractivity contribution in [3.8, 4) is 22.8 Å². The van der Waals surface area contributed by atoms with Gasteiger partial charge in [-0.15, -0.1) is 0 Å². The molecule has 0 bridgehead atoms. The van der Waals surface area contributed by atoms with Gasteiger partial charge in [-0.2, -0.15) is 4.98 Å². The summed E-state index contributed by atoms with van der Waals surface area (Å²) < 4.78 is 44.9. The van der Waals surface area contributed by atoms with E-state index in [1.807, 2.05) is 6.92 Å². The molecule has 13 heteroatoms. The number of aromatic nitrogens is 2. The lowest BCUT2D eigenvalue weighted by Crippen LogP contribution is -2.58. The highest BCUT2D eigenvalue weighted by Gasteiger charge is 2.46. The molecule has 0 aliphatic carbocycles. The standard InChI is InChI=1S/C31H37F2N5O6/c1-18(2)44-27-11-21(23-8-7-22(43-6)12-24(23)30(41)38-16-31(32,33)17-38)10-26(35-27)36-28(39)25-9-20(15-37(4)29(25)40)14-34-13-19(3)42-5/h7-12,15,18-19,34H,13-14,16-17H2,1-6H3,(H,35,36,39)/t19-/m0/s1. The van der Waals surface area contributed by atoms with Gasteiger partial charge >= 0.3 is 0 Å². The number of alkyl halides is 2. The molecule has 236 valence electrons. The average molecular weight is 614 g/mol. The van der Waals surface area contributed by atoms with Crippen LogP contribution in [0.15, 0.2) is 47.4 Å². The number of carbonyl (C=O) groups is 2. The van der Waals surface area contributed by atoms with Gasteiger partial charge in [-0.25, -0.2) is 8.78 Å². The zero-order valence-corrected chi connectivity index (χ0v) is 25.6. The summed E-state index contributed by atoms with van der Waals surface area (Å²) in [5, 5.41) is 5.91. The van der Waals surface area contributed by atoms with Gasteiger partial charge in [0.2, 0.25) is 5.88 Å². The van der Waals surface area contributed by atoms with Gasteiger partial charge in [0.25, 0.3) is 23.3 Å². The first-order valence-corrected chi connectivity index (χ1v) is 14.1. The van der Waals surface area contributed by atoms with Crippen molar-refractivity contribution in [1.29, 1.82) is 0 Å². The van der Waals surface area contributed by atoms with E-state index in [4.69, 9.17) is 14.2 Å². The normalized spacial score (nSPS) is 14.6. The molecule has 1 saturated heterocycles. The van der Waals surface area contributed by atoms with Gasteiger partial charge in [-0.05, 0) is 67.8 Å². The summed E-state index contributed by atoms with van der Waals surface area (Å²) in [7, 11) is 4.61. The van der Waals surface area contributed by atoms with Crippen LogP contribution in [0.25, 0.3) is 11.1 Å². The van der Waals surface area contributed by atoms with Gasteiger partial charge in [-0.3, -0.25) is 14.4 Å². The van der Waals surface area contributed by atoms with E-state index >= 15 is 0 Å². The molecule has 0 unspecified atom stereocenters. The second kappa shape index (κ2) is 13.5. The summed E-state index contributed by atoms with van der Waals surface area (Å²) in [6, 6.07) is 9.37. The molecule has 0 radical (unpaired) electrons. The van der Waals surface area contributed by atoms with Crippen molar-refractivity contribution in [2.75, 3.05) is 39.2 Å². The topological polar surface area (TPSA) is 124 Å². The van der Waals surface area contributed by atoms with Crippen molar-refractivity contribution >= 4 is 17.6 Å². The second-order valence-corrected chi connectivity index (χ2v) is 11.0. The number of benzene rings is 1. The van der Waals surface area contributed by atoms with Crippen LogP contribution in [-0.4, -0.2) is 78.2 Å². The predicted molar refractivity (Wildman–Crippen MR) is 161 cm³/mol. The van der Waals surface area contributed by atoms with Crippen molar-refractivity contribution in [3.63, 3.8) is 0 Å². The Kier molecular flexibility index (Phi) is 10.00. The molecule has 44 heavy (non-hydrogen) atoms. The van der Waals surface area contributed by atoms with E-state index in [1.165, 1.54) is 29.9 Å². The molecule has 0 saturated carbocycles. The minimum absolute atomic E-state index is 0.0146. The molecular formula is C31H37F2N5O6. The maximum Gasteiger partial charge on any atom is 0.282 e. The van der Waals surface area contributed by atoms with Crippen LogP contribution in [0.4, 0.5) is 14.6 Å². The molecule has 1 aliphatic heterocycles. The summed E-state index contributed by atoms with van der Waals surface area (Å²) in [6.45, 7) is 5.13. The fraction of sp³-hybridized carbons (Fsp3) is 0.419. The van der Waals surface area contributed by atoms with E-state index in [9.17, 15) is 23.2 Å². The summed E-state index contributed by atoms with van der Waals surface area (Å²) in [4.78, 5) is 45.1. The average Bonchev–Trinajstić information content (AvgIpc) is 2.96. The van der Waals surface area contributed by atoms with Gasteiger partial charge in [0.05, 0.1) is 38.0 Å². The maximum atomic E-state index is 13.6. The number of ether oxygens (including phenoxy) is 3. The highest BCUT2D eigenvalue weighted by molar-refractivity contribution is 6.05. The van der Waals surface area contributed by atoms with Crippen molar-refractivity contribution in [2.45, 2.75) is 45.4 Å². The van der Waals surface area contributed by atoms with Crippen molar-refractivity contribution in [2.24, 2.45) is 7.05 Å². The Morgan fingerprint density at radius 3 is 2.43 bits per heavy atom. The summed E-state index contributed by atoms with van der Waals surface area (Å²) in [5.74, 6) is -3.64. The van der Waals surface area contributed by atoms with E-state index in [0.29, 0.717) is 35.5 Å². The quantitative estimate of drug-likeness (QED) is 0.317. The van der Waals surface area contributed by atoms with Crippen LogP contribution in [0.5, 0.6) is 11.6 Å². The Hall–Kier alpha value is -4.36. The Morgan fingerprint density at radius 1 is 1.07 bits per heavy atom. The number of nitrogens with one attached hydrogen (secondary N) is 2. The van der Waals surface area contributed by atoms with Crippen LogP contribution >= 0.6 is 0 Å². The van der Waals surface area contributed by atoms with E-state index in [-0.39, 0.29) is 35.0 Å². The fourth-order valence-corrected chi connectivity index (χ4v) is 4.66. The number of aryl methyl sites for hydroxylation is 1. The number of pyridine rings is 2. The number of hydrogen-bond acceptors (Lipinski definition) is 8. The first-order chi connectivity index (χ1) is 20.8. The number of nitrogens with zero attached hydrogens (tertiary/aromatic N) is 3. The number of rotatable bonds is 12. The molecule has 11 nitrogen and oxygen atoms in total. The van der Waals surface area contributed by atoms with E-state index < -0.39 is 36.4 Å². The number of likely N-dealkylation sites (tertiary alicyclic amines) is 1. The minimum atomic E-state index is -2.94. The third kappa shape index (κ3) is 7.77. The minimum Gasteiger partial charge on any atom is -0.497 e. The Labute approximate surface area is 254 Å². The molecule has 0 spiro atoms. The molecule has 1 aromatic carbocycles. The van der Waals surface area contributed by atoms with Crippen molar-refractivity contribution in [3.05, 3.63) is 69.6 Å². The number of halogens is 2. The predicted octanol–water partition coefficient (Wildman–Crippen LogP) is 3.71. The zero-order valence-electron chi connectivity index (χ0n) is 25.6. The largest absolute Gasteiger partial charge is 0.497 e. The lowest BCUT2D eigenvalue weighted by atomic mass is 9.97. The summed E-state index contributed by atoms with van der Waals surface area (Å²) in [5.41, 5.74) is 1.08. The van der Waals surface area contributed by atoms with Gasteiger partial charge < -0.3 is 34.3 Å². The van der Waals surface area contributed by atoms with Crippen LogP contribution in [-0.2, 0) is 18.3 Å². The van der Waals surface area contributed by atoms with Crippen LogP contribution in [0, 0.1) is 0 Å².